The second kappa shape index (κ2) is 8.72. The molecular formula is C21H27N3O2. The molecule has 1 heterocycles. The number of phenols is 1. The Morgan fingerprint density at radius 3 is 2.46 bits per heavy atom. The molecule has 1 aliphatic heterocycles. The lowest BCUT2D eigenvalue weighted by Gasteiger charge is -2.34. The molecule has 5 nitrogen and oxygen atoms in total. The third kappa shape index (κ3) is 4.76. The molecule has 0 atom stereocenters. The Balaban J connectivity index is 1.63. The van der Waals surface area contributed by atoms with Gasteiger partial charge in [0, 0.05) is 49.7 Å². The second-order valence-corrected chi connectivity index (χ2v) is 6.63. The number of hydrogen-bond acceptors (Lipinski definition) is 5. The van der Waals surface area contributed by atoms with E-state index in [0.29, 0.717) is 17.9 Å². The van der Waals surface area contributed by atoms with Crippen LogP contribution in [0.1, 0.15) is 18.9 Å². The molecule has 1 saturated heterocycles. The van der Waals surface area contributed by atoms with Crippen molar-refractivity contribution in [1.82, 2.24) is 4.90 Å². The van der Waals surface area contributed by atoms with Gasteiger partial charge >= 0.3 is 0 Å². The number of aromatic hydroxyl groups is 1. The van der Waals surface area contributed by atoms with Gasteiger partial charge in [0.05, 0.1) is 12.3 Å². The Hall–Kier alpha value is -2.53. The standard InChI is InChI=1S/C21H27N3O2/c1-3-14-26-20-9-4-17(21(25)15-20)16-22-18-5-7-19(8-6-18)24-12-10-23(2)11-13-24/h4-9,15-16,25H,3,10-14H2,1-2H3. The van der Waals surface area contributed by atoms with Crippen molar-refractivity contribution in [2.24, 2.45) is 4.99 Å². The molecule has 0 aromatic heterocycles. The zero-order chi connectivity index (χ0) is 18.4. The number of anilines is 1. The van der Waals surface area contributed by atoms with E-state index in [4.69, 9.17) is 4.74 Å². The van der Waals surface area contributed by atoms with Gasteiger partial charge in [-0.3, -0.25) is 4.99 Å². The zero-order valence-electron chi connectivity index (χ0n) is 15.6. The number of rotatable bonds is 6. The molecule has 0 saturated carbocycles. The Labute approximate surface area is 155 Å². The molecule has 138 valence electrons. The maximum atomic E-state index is 10.1. The van der Waals surface area contributed by atoms with Gasteiger partial charge in [0.15, 0.2) is 0 Å². The van der Waals surface area contributed by atoms with Crippen LogP contribution < -0.4 is 9.64 Å². The quantitative estimate of drug-likeness (QED) is 0.805. The molecule has 26 heavy (non-hydrogen) atoms. The molecule has 1 fully saturated rings. The van der Waals surface area contributed by atoms with E-state index in [0.717, 1.165) is 38.3 Å². The van der Waals surface area contributed by atoms with Gasteiger partial charge in [0.2, 0.25) is 0 Å². The van der Waals surface area contributed by atoms with Crippen molar-refractivity contribution < 1.29 is 9.84 Å². The van der Waals surface area contributed by atoms with Gasteiger partial charge in [-0.2, -0.15) is 0 Å². The topological polar surface area (TPSA) is 48.3 Å². The fourth-order valence-electron chi connectivity index (χ4n) is 2.90. The molecule has 0 unspecified atom stereocenters. The van der Waals surface area contributed by atoms with Gasteiger partial charge in [-0.05, 0) is 49.9 Å². The highest BCUT2D eigenvalue weighted by atomic mass is 16.5. The van der Waals surface area contributed by atoms with E-state index >= 15 is 0 Å². The van der Waals surface area contributed by atoms with E-state index in [2.05, 4.69) is 40.9 Å². The fourth-order valence-corrected chi connectivity index (χ4v) is 2.90. The third-order valence-electron chi connectivity index (χ3n) is 4.55. The van der Waals surface area contributed by atoms with E-state index < -0.39 is 0 Å². The number of aliphatic imine (C=N–C) groups is 1. The molecule has 0 bridgehead atoms. The van der Waals surface area contributed by atoms with E-state index in [1.165, 1.54) is 5.69 Å². The van der Waals surface area contributed by atoms with Crippen LogP contribution in [0.4, 0.5) is 11.4 Å². The molecule has 5 heteroatoms. The molecule has 1 aliphatic rings. The normalized spacial score (nSPS) is 15.5. The summed E-state index contributed by atoms with van der Waals surface area (Å²) in [7, 11) is 2.16. The number of piperazine rings is 1. The number of benzene rings is 2. The predicted molar refractivity (Wildman–Crippen MR) is 107 cm³/mol. The van der Waals surface area contributed by atoms with Crippen molar-refractivity contribution in [1.29, 1.82) is 0 Å². The molecular weight excluding hydrogens is 326 g/mol. The van der Waals surface area contributed by atoms with E-state index in [1.54, 1.807) is 12.3 Å². The summed E-state index contributed by atoms with van der Waals surface area (Å²) in [6.45, 7) is 7.00. The van der Waals surface area contributed by atoms with Crippen molar-refractivity contribution in [3.05, 3.63) is 48.0 Å². The Morgan fingerprint density at radius 1 is 1.08 bits per heavy atom. The lowest BCUT2D eigenvalue weighted by Crippen LogP contribution is -2.44. The Kier molecular flexibility index (Phi) is 6.12. The van der Waals surface area contributed by atoms with E-state index in [-0.39, 0.29) is 5.75 Å². The highest BCUT2D eigenvalue weighted by molar-refractivity contribution is 5.85. The van der Waals surface area contributed by atoms with Crippen LogP contribution in [0.25, 0.3) is 0 Å². The average Bonchev–Trinajstić information content (AvgIpc) is 2.67. The monoisotopic (exact) mass is 353 g/mol. The smallest absolute Gasteiger partial charge is 0.128 e. The van der Waals surface area contributed by atoms with Gasteiger partial charge in [0.1, 0.15) is 11.5 Å². The molecule has 3 rings (SSSR count). The average molecular weight is 353 g/mol. The van der Waals surface area contributed by atoms with Gasteiger partial charge in [-0.15, -0.1) is 0 Å². The van der Waals surface area contributed by atoms with Crippen LogP contribution in [0, 0.1) is 0 Å². The van der Waals surface area contributed by atoms with Crippen LogP contribution in [-0.2, 0) is 0 Å². The molecule has 0 spiro atoms. The largest absolute Gasteiger partial charge is 0.507 e. The van der Waals surface area contributed by atoms with Crippen molar-refractivity contribution in [3.8, 4) is 11.5 Å². The number of hydrogen-bond donors (Lipinski definition) is 1. The first-order valence-corrected chi connectivity index (χ1v) is 9.19. The lowest BCUT2D eigenvalue weighted by atomic mass is 10.2. The van der Waals surface area contributed by atoms with Crippen molar-refractivity contribution in [2.75, 3.05) is 44.7 Å². The van der Waals surface area contributed by atoms with Crippen molar-refractivity contribution in [3.63, 3.8) is 0 Å². The molecule has 0 aliphatic carbocycles. The molecule has 0 radical (unpaired) electrons. The SMILES string of the molecule is CCCOc1ccc(C=Nc2ccc(N3CCN(C)CC3)cc2)c(O)c1. The Bertz CT molecular complexity index is 735. The van der Waals surface area contributed by atoms with Crippen molar-refractivity contribution >= 4 is 17.6 Å². The minimum Gasteiger partial charge on any atom is -0.507 e. The fraction of sp³-hybridized carbons (Fsp3) is 0.381. The molecule has 2 aromatic rings. The summed E-state index contributed by atoms with van der Waals surface area (Å²) < 4.78 is 5.52. The maximum Gasteiger partial charge on any atom is 0.128 e. The van der Waals surface area contributed by atoms with Gasteiger partial charge in [-0.1, -0.05) is 6.92 Å². The van der Waals surface area contributed by atoms with Crippen LogP contribution in [0.2, 0.25) is 0 Å². The summed E-state index contributed by atoms with van der Waals surface area (Å²) in [6, 6.07) is 13.6. The Morgan fingerprint density at radius 2 is 1.81 bits per heavy atom. The van der Waals surface area contributed by atoms with Crippen LogP contribution >= 0.6 is 0 Å². The summed E-state index contributed by atoms with van der Waals surface area (Å²) in [5, 5.41) is 10.1. The van der Waals surface area contributed by atoms with E-state index in [1.807, 2.05) is 24.3 Å². The summed E-state index contributed by atoms with van der Waals surface area (Å²) >= 11 is 0. The number of likely N-dealkylation sites (N-methyl/N-ethyl adjacent to an activating group) is 1. The lowest BCUT2D eigenvalue weighted by molar-refractivity contribution is 0.313. The summed E-state index contributed by atoms with van der Waals surface area (Å²) in [4.78, 5) is 9.22. The summed E-state index contributed by atoms with van der Waals surface area (Å²) in [5.41, 5.74) is 2.78. The minimum atomic E-state index is 0.177. The van der Waals surface area contributed by atoms with Gasteiger partial charge in [0.25, 0.3) is 0 Å². The highest BCUT2D eigenvalue weighted by Gasteiger charge is 2.13. The maximum absolute atomic E-state index is 10.1. The molecule has 0 amide bonds. The zero-order valence-corrected chi connectivity index (χ0v) is 15.6. The third-order valence-corrected chi connectivity index (χ3v) is 4.55. The first-order valence-electron chi connectivity index (χ1n) is 9.19. The van der Waals surface area contributed by atoms with Crippen LogP contribution in [0.15, 0.2) is 47.5 Å². The van der Waals surface area contributed by atoms with Crippen LogP contribution in [0.5, 0.6) is 11.5 Å². The molecule has 2 aromatic carbocycles. The number of nitrogens with zero attached hydrogens (tertiary/aromatic N) is 3. The molecule has 1 N–H and O–H groups in total. The predicted octanol–water partition coefficient (Wildman–Crippen LogP) is 3.68. The first kappa shape index (κ1) is 18.3. The number of phenolic OH excluding ortho intramolecular Hbond substituents is 1. The summed E-state index contributed by atoms with van der Waals surface area (Å²) in [5.74, 6) is 0.856. The van der Waals surface area contributed by atoms with Crippen LogP contribution in [-0.4, -0.2) is 56.1 Å². The minimum absolute atomic E-state index is 0.177. The number of ether oxygens (including phenoxy) is 1. The van der Waals surface area contributed by atoms with Crippen LogP contribution in [0.3, 0.4) is 0 Å². The van der Waals surface area contributed by atoms with Crippen molar-refractivity contribution in [2.45, 2.75) is 13.3 Å². The second-order valence-electron chi connectivity index (χ2n) is 6.63. The first-order chi connectivity index (χ1) is 12.7. The van der Waals surface area contributed by atoms with Gasteiger partial charge in [-0.25, -0.2) is 0 Å². The highest BCUT2D eigenvalue weighted by Crippen LogP contribution is 2.24. The summed E-state index contributed by atoms with van der Waals surface area (Å²) in [6.07, 6.45) is 2.62. The van der Waals surface area contributed by atoms with E-state index in [9.17, 15) is 5.11 Å². The van der Waals surface area contributed by atoms with Gasteiger partial charge < -0.3 is 19.6 Å².